The maximum Gasteiger partial charge on any atom is 0.116 e. The Morgan fingerprint density at radius 2 is 2.08 bits per heavy atom. The molecule has 0 saturated heterocycles. The first kappa shape index (κ1) is 15.6. The molecule has 1 aromatic carbocycles. The molecule has 0 aliphatic rings. The number of nitrogens with one attached hydrogen (secondary N) is 2. The molecular weight excluding hydrogens is 332 g/mol. The zero-order valence-electron chi connectivity index (χ0n) is 14.3. The Morgan fingerprint density at radius 1 is 1.24 bits per heavy atom. The lowest BCUT2D eigenvalue weighted by Crippen LogP contribution is -1.97. The van der Waals surface area contributed by atoms with Gasteiger partial charge < -0.3 is 9.88 Å². The molecule has 4 rings (SSSR count). The van der Waals surface area contributed by atoms with Crippen LogP contribution in [0.2, 0.25) is 0 Å². The lowest BCUT2D eigenvalue weighted by molar-refractivity contribution is 0.865. The van der Waals surface area contributed by atoms with E-state index in [2.05, 4.69) is 48.8 Å². The van der Waals surface area contributed by atoms with Crippen LogP contribution < -0.4 is 5.32 Å². The summed E-state index contributed by atoms with van der Waals surface area (Å²) >= 11 is 1.59. The number of rotatable bonds is 4. The van der Waals surface area contributed by atoms with Gasteiger partial charge in [0.05, 0.1) is 34.3 Å². The van der Waals surface area contributed by atoms with Gasteiger partial charge in [-0.05, 0) is 26.0 Å². The van der Waals surface area contributed by atoms with E-state index in [9.17, 15) is 0 Å². The summed E-state index contributed by atoms with van der Waals surface area (Å²) in [7, 11) is 2.02. The predicted octanol–water partition coefficient (Wildman–Crippen LogP) is 4.12. The predicted molar refractivity (Wildman–Crippen MR) is 103 cm³/mol. The van der Waals surface area contributed by atoms with Crippen LogP contribution in [0.3, 0.4) is 0 Å². The molecule has 0 bridgehead atoms. The van der Waals surface area contributed by atoms with Gasteiger partial charge in [0.1, 0.15) is 16.5 Å². The molecule has 25 heavy (non-hydrogen) atoms. The molecule has 0 aliphatic heterocycles. The average molecular weight is 350 g/mol. The fraction of sp³-hybridized carbons (Fsp3) is 0.167. The van der Waals surface area contributed by atoms with Crippen LogP contribution in [0.5, 0.6) is 0 Å². The Balaban J connectivity index is 1.73. The molecule has 3 aromatic heterocycles. The summed E-state index contributed by atoms with van der Waals surface area (Å²) in [6, 6.07) is 6.23. The number of nitrogens with zero attached hydrogens (tertiary/aromatic N) is 4. The van der Waals surface area contributed by atoms with Crippen molar-refractivity contribution in [3.63, 3.8) is 0 Å². The third kappa shape index (κ3) is 2.72. The molecule has 3 heterocycles. The molecule has 0 amide bonds. The summed E-state index contributed by atoms with van der Waals surface area (Å²) in [5, 5.41) is 13.8. The molecular formula is C18H18N6S. The van der Waals surface area contributed by atoms with Gasteiger partial charge in [0.2, 0.25) is 0 Å². The van der Waals surface area contributed by atoms with E-state index in [1.165, 1.54) is 0 Å². The minimum absolute atomic E-state index is 0.744. The highest BCUT2D eigenvalue weighted by Gasteiger charge is 2.13. The van der Waals surface area contributed by atoms with E-state index >= 15 is 0 Å². The first-order valence-corrected chi connectivity index (χ1v) is 8.70. The van der Waals surface area contributed by atoms with Crippen molar-refractivity contribution in [2.75, 3.05) is 5.32 Å². The van der Waals surface area contributed by atoms with Crippen molar-refractivity contribution in [3.8, 4) is 11.3 Å². The highest BCUT2D eigenvalue weighted by Crippen LogP contribution is 2.29. The molecule has 0 unspecified atom stereocenters. The number of H-pyrrole nitrogens is 1. The van der Waals surface area contributed by atoms with Gasteiger partial charge in [-0.2, -0.15) is 5.10 Å². The van der Waals surface area contributed by atoms with Crippen molar-refractivity contribution in [1.29, 1.82) is 0 Å². The molecule has 126 valence electrons. The summed E-state index contributed by atoms with van der Waals surface area (Å²) in [4.78, 5) is 8.64. The average Bonchev–Trinajstić information content (AvgIpc) is 3.27. The quantitative estimate of drug-likeness (QED) is 0.581. The second-order valence-corrected chi connectivity index (χ2v) is 7.16. The molecule has 0 saturated carbocycles. The number of aromatic nitrogens is 5. The number of thiazole rings is 1. The van der Waals surface area contributed by atoms with Crippen molar-refractivity contribution in [2.24, 2.45) is 7.05 Å². The maximum absolute atomic E-state index is 4.44. The molecule has 2 N–H and O–H groups in total. The summed E-state index contributed by atoms with van der Waals surface area (Å²) in [6.45, 7) is 8.11. The monoisotopic (exact) mass is 350 g/mol. The normalized spacial score (nSPS) is 11.2. The molecule has 4 aromatic rings. The fourth-order valence-corrected chi connectivity index (χ4v) is 3.50. The number of hydrogen-bond acceptors (Lipinski definition) is 5. The number of fused-ring (bicyclic) bond motifs is 1. The second-order valence-electron chi connectivity index (χ2n) is 5.93. The Kier molecular flexibility index (Phi) is 3.65. The van der Waals surface area contributed by atoms with E-state index in [-0.39, 0.29) is 0 Å². The van der Waals surface area contributed by atoms with Crippen LogP contribution >= 0.6 is 11.3 Å². The van der Waals surface area contributed by atoms with E-state index < -0.39 is 0 Å². The highest BCUT2D eigenvalue weighted by molar-refractivity contribution is 7.15. The molecule has 0 atom stereocenters. The molecule has 0 fully saturated rings. The zero-order chi connectivity index (χ0) is 17.6. The van der Waals surface area contributed by atoms with Crippen molar-refractivity contribution in [1.82, 2.24) is 24.7 Å². The Bertz CT molecular complexity index is 1080. The summed E-state index contributed by atoms with van der Waals surface area (Å²) in [5.74, 6) is 0.981. The second kappa shape index (κ2) is 5.86. The van der Waals surface area contributed by atoms with Gasteiger partial charge in [-0.25, -0.2) is 9.97 Å². The van der Waals surface area contributed by atoms with E-state index in [1.54, 1.807) is 11.3 Å². The third-order valence-corrected chi connectivity index (χ3v) is 5.09. The van der Waals surface area contributed by atoms with E-state index in [0.29, 0.717) is 0 Å². The molecule has 0 radical (unpaired) electrons. The van der Waals surface area contributed by atoms with Gasteiger partial charge in [0.15, 0.2) is 0 Å². The van der Waals surface area contributed by atoms with Gasteiger partial charge in [0.25, 0.3) is 0 Å². The SMILES string of the molecule is C=C(Nc1cnc(C)s1)c1n[nH]c2ccc(-c3cnc(C)n3C)cc12. The van der Waals surface area contributed by atoms with Gasteiger partial charge in [0, 0.05) is 18.0 Å². The van der Waals surface area contributed by atoms with Crippen molar-refractivity contribution in [2.45, 2.75) is 13.8 Å². The number of aromatic amines is 1. The van der Waals surface area contributed by atoms with Crippen molar-refractivity contribution < 1.29 is 0 Å². The van der Waals surface area contributed by atoms with E-state index in [1.807, 2.05) is 39.4 Å². The highest BCUT2D eigenvalue weighted by atomic mass is 32.1. The number of aryl methyl sites for hydroxylation is 2. The minimum atomic E-state index is 0.744. The van der Waals surface area contributed by atoms with Crippen LogP contribution in [0.1, 0.15) is 16.5 Å². The van der Waals surface area contributed by atoms with Crippen molar-refractivity contribution in [3.05, 3.63) is 53.7 Å². The Hall–Kier alpha value is -2.93. The fourth-order valence-electron chi connectivity index (χ4n) is 2.80. The van der Waals surface area contributed by atoms with Crippen LogP contribution in [0.25, 0.3) is 27.9 Å². The van der Waals surface area contributed by atoms with Crippen LogP contribution in [0, 0.1) is 13.8 Å². The van der Waals surface area contributed by atoms with Gasteiger partial charge in [-0.3, -0.25) is 5.10 Å². The topological polar surface area (TPSA) is 71.4 Å². The minimum Gasteiger partial charge on any atom is -0.345 e. The van der Waals surface area contributed by atoms with Gasteiger partial charge in [-0.1, -0.05) is 12.6 Å². The maximum atomic E-state index is 4.44. The molecule has 0 aliphatic carbocycles. The lowest BCUT2D eigenvalue weighted by Gasteiger charge is -2.06. The van der Waals surface area contributed by atoms with Crippen LogP contribution in [0.4, 0.5) is 5.00 Å². The molecule has 7 heteroatoms. The Morgan fingerprint density at radius 3 is 2.76 bits per heavy atom. The standard InChI is InChI=1S/C18H18N6S/c1-10(21-17-9-20-12(3)25-17)18-14-7-13(5-6-15(14)22-23-18)16-8-19-11(2)24(16)4/h5-9,21H,1H2,2-4H3,(H,22,23). The van der Waals surface area contributed by atoms with Crippen molar-refractivity contribution >= 4 is 32.9 Å². The lowest BCUT2D eigenvalue weighted by atomic mass is 10.1. The molecule has 6 nitrogen and oxygen atoms in total. The number of benzene rings is 1. The van der Waals surface area contributed by atoms with Gasteiger partial charge >= 0.3 is 0 Å². The first-order chi connectivity index (χ1) is 12.0. The summed E-state index contributed by atoms with van der Waals surface area (Å²) < 4.78 is 2.08. The van der Waals surface area contributed by atoms with E-state index in [0.717, 1.165) is 49.4 Å². The van der Waals surface area contributed by atoms with Crippen LogP contribution in [-0.4, -0.2) is 24.7 Å². The van der Waals surface area contributed by atoms with Crippen LogP contribution in [-0.2, 0) is 7.05 Å². The number of imidazole rings is 1. The smallest absolute Gasteiger partial charge is 0.116 e. The summed E-state index contributed by atoms with van der Waals surface area (Å²) in [6.07, 6.45) is 3.70. The largest absolute Gasteiger partial charge is 0.345 e. The Labute approximate surface area is 149 Å². The third-order valence-electron chi connectivity index (χ3n) is 4.26. The first-order valence-electron chi connectivity index (χ1n) is 7.88. The summed E-state index contributed by atoms with van der Waals surface area (Å²) in [5.41, 5.74) is 4.69. The zero-order valence-corrected chi connectivity index (χ0v) is 15.1. The van der Waals surface area contributed by atoms with E-state index in [4.69, 9.17) is 0 Å². The molecule has 0 spiro atoms. The number of hydrogen-bond donors (Lipinski definition) is 2. The van der Waals surface area contributed by atoms with Gasteiger partial charge in [-0.15, -0.1) is 11.3 Å². The number of anilines is 1. The van der Waals surface area contributed by atoms with Crippen LogP contribution in [0.15, 0.2) is 37.2 Å².